The molecule has 0 saturated carbocycles. The Labute approximate surface area is 174 Å². The minimum absolute atomic E-state index is 0.380. The number of hydrogen-bond donors (Lipinski definition) is 2. The number of pyridine rings is 1. The van der Waals surface area contributed by atoms with Crippen LogP contribution in [0.1, 0.15) is 10.5 Å². The predicted molar refractivity (Wildman–Crippen MR) is 116 cm³/mol. The van der Waals surface area contributed by atoms with Crippen molar-refractivity contribution in [3.8, 4) is 28.1 Å². The van der Waals surface area contributed by atoms with E-state index in [1.807, 2.05) is 83.4 Å². The van der Waals surface area contributed by atoms with Crippen molar-refractivity contribution < 1.29 is 9.36 Å². The highest BCUT2D eigenvalue weighted by Crippen LogP contribution is 2.26. The fourth-order valence-electron chi connectivity index (χ4n) is 3.32. The summed E-state index contributed by atoms with van der Waals surface area (Å²) in [7, 11) is 0. The number of nitrogen functional groups attached to an aromatic ring is 1. The Hall–Kier alpha value is -3.47. The van der Waals surface area contributed by atoms with Crippen LogP contribution in [-0.4, -0.2) is 5.91 Å². The van der Waals surface area contributed by atoms with Gasteiger partial charge in [0.1, 0.15) is 0 Å². The van der Waals surface area contributed by atoms with E-state index in [4.69, 9.17) is 17.4 Å². The number of amides is 1. The van der Waals surface area contributed by atoms with Crippen LogP contribution in [0, 0.1) is 0 Å². The van der Waals surface area contributed by atoms with Crippen molar-refractivity contribution >= 4 is 17.5 Å². The molecule has 0 fully saturated rings. The van der Waals surface area contributed by atoms with Gasteiger partial charge < -0.3 is 0 Å². The second-order valence-electron chi connectivity index (χ2n) is 6.53. The Morgan fingerprint density at radius 3 is 1.93 bits per heavy atom. The van der Waals surface area contributed by atoms with Gasteiger partial charge in [0.15, 0.2) is 0 Å². The Morgan fingerprint density at radius 1 is 0.759 bits per heavy atom. The van der Waals surface area contributed by atoms with E-state index in [0.29, 0.717) is 10.7 Å². The first-order valence-corrected chi connectivity index (χ1v) is 9.53. The number of carbonyl (C=O) groups is 1. The number of benzene rings is 3. The Morgan fingerprint density at radius 2 is 1.34 bits per heavy atom. The average molecular weight is 401 g/mol. The van der Waals surface area contributed by atoms with Gasteiger partial charge in [0.05, 0.1) is 0 Å². The van der Waals surface area contributed by atoms with Gasteiger partial charge in [-0.3, -0.25) is 10.2 Å². The van der Waals surface area contributed by atoms with Gasteiger partial charge in [-0.1, -0.05) is 60.1 Å². The second kappa shape index (κ2) is 8.27. The fraction of sp³-hybridized carbons (Fsp3) is 0. The minimum atomic E-state index is -0.380. The van der Waals surface area contributed by atoms with Crippen molar-refractivity contribution in [2.45, 2.75) is 0 Å². The molecule has 0 aliphatic carbocycles. The number of nitrogens with two attached hydrogens (primary N) is 1. The molecule has 1 heterocycles. The predicted octanol–water partition coefficient (Wildman–Crippen LogP) is 4.55. The van der Waals surface area contributed by atoms with E-state index < -0.39 is 0 Å². The van der Waals surface area contributed by atoms with E-state index in [2.05, 4.69) is 11.5 Å². The Balaban J connectivity index is 2.06. The molecule has 5 heteroatoms. The topological polar surface area (TPSA) is 59.0 Å². The highest BCUT2D eigenvalue weighted by molar-refractivity contribution is 6.30. The molecule has 0 aliphatic heterocycles. The van der Waals surface area contributed by atoms with Gasteiger partial charge >= 0.3 is 5.91 Å². The molecule has 0 spiro atoms. The maximum absolute atomic E-state index is 12.8. The van der Waals surface area contributed by atoms with Gasteiger partial charge in [0.2, 0.25) is 11.4 Å². The zero-order chi connectivity index (χ0) is 20.2. The van der Waals surface area contributed by atoms with Crippen molar-refractivity contribution in [1.29, 1.82) is 0 Å². The summed E-state index contributed by atoms with van der Waals surface area (Å²) in [6.45, 7) is 0. The number of aromatic nitrogens is 1. The van der Waals surface area contributed by atoms with Crippen molar-refractivity contribution in [3.63, 3.8) is 0 Å². The van der Waals surface area contributed by atoms with Crippen LogP contribution in [0.15, 0.2) is 97.1 Å². The Bertz CT molecular complexity index is 1140. The first-order valence-electron chi connectivity index (χ1n) is 9.15. The standard InChI is InChI=1S/C24H18ClN3O/c25-20-11-13-21(14-12-20)28-22(18-9-5-2-6-10-18)15-19(16-23(28)24(29)27-26)17-7-3-1-4-8-17/h1-16,26,29H/p+1. The lowest BCUT2D eigenvalue weighted by atomic mass is 10.0. The van der Waals surface area contributed by atoms with E-state index in [1.165, 1.54) is 0 Å². The molecule has 3 aromatic carbocycles. The minimum Gasteiger partial charge on any atom is -0.285 e. The molecular weight excluding hydrogens is 382 g/mol. The zero-order valence-corrected chi connectivity index (χ0v) is 16.3. The van der Waals surface area contributed by atoms with E-state index in [-0.39, 0.29) is 5.91 Å². The molecule has 0 bridgehead atoms. The van der Waals surface area contributed by atoms with Gasteiger partial charge in [-0.05, 0) is 35.4 Å². The molecule has 4 nitrogen and oxygen atoms in total. The number of halogens is 1. The maximum atomic E-state index is 12.8. The summed E-state index contributed by atoms with van der Waals surface area (Å²) in [6, 6.07) is 31.2. The number of nitrogens with one attached hydrogen (secondary N) is 1. The van der Waals surface area contributed by atoms with Gasteiger partial charge in [-0.25, -0.2) is 5.84 Å². The molecule has 3 N–H and O–H groups in total. The van der Waals surface area contributed by atoms with Crippen molar-refractivity contribution in [1.82, 2.24) is 5.43 Å². The molecule has 0 saturated heterocycles. The molecule has 29 heavy (non-hydrogen) atoms. The summed E-state index contributed by atoms with van der Waals surface area (Å²) >= 11 is 6.08. The molecule has 4 aromatic rings. The summed E-state index contributed by atoms with van der Waals surface area (Å²) in [4.78, 5) is 12.8. The van der Waals surface area contributed by atoms with Gasteiger partial charge in [-0.2, -0.15) is 0 Å². The van der Waals surface area contributed by atoms with Crippen LogP contribution in [0.25, 0.3) is 28.1 Å². The van der Waals surface area contributed by atoms with Crippen molar-refractivity contribution in [3.05, 3.63) is 108 Å². The van der Waals surface area contributed by atoms with E-state index in [9.17, 15) is 4.79 Å². The smallest absolute Gasteiger partial charge is 0.285 e. The molecule has 0 radical (unpaired) electrons. The zero-order valence-electron chi connectivity index (χ0n) is 15.5. The summed E-state index contributed by atoms with van der Waals surface area (Å²) < 4.78 is 1.89. The maximum Gasteiger partial charge on any atom is 0.330 e. The van der Waals surface area contributed by atoms with Crippen LogP contribution < -0.4 is 15.8 Å². The number of nitrogens with zero attached hydrogens (tertiary/aromatic N) is 1. The van der Waals surface area contributed by atoms with Crippen molar-refractivity contribution in [2.24, 2.45) is 5.84 Å². The summed E-state index contributed by atoms with van der Waals surface area (Å²) in [5.74, 6) is 5.14. The lowest BCUT2D eigenvalue weighted by Crippen LogP contribution is -2.45. The summed E-state index contributed by atoms with van der Waals surface area (Å²) in [6.07, 6.45) is 0. The molecule has 0 unspecified atom stereocenters. The van der Waals surface area contributed by atoms with Crippen LogP contribution in [0.5, 0.6) is 0 Å². The summed E-state index contributed by atoms with van der Waals surface area (Å²) in [5, 5.41) is 0.626. The number of hydrazine groups is 1. The average Bonchev–Trinajstić information content (AvgIpc) is 2.79. The van der Waals surface area contributed by atoms with Gasteiger partial charge in [-0.15, -0.1) is 4.57 Å². The third kappa shape index (κ3) is 3.90. The monoisotopic (exact) mass is 400 g/mol. The largest absolute Gasteiger partial charge is 0.330 e. The summed E-state index contributed by atoms with van der Waals surface area (Å²) in [5.41, 5.74) is 7.30. The lowest BCUT2D eigenvalue weighted by molar-refractivity contribution is -0.586. The third-order valence-corrected chi connectivity index (χ3v) is 4.94. The Kier molecular flexibility index (Phi) is 5.38. The van der Waals surface area contributed by atoms with Crippen LogP contribution in [0.3, 0.4) is 0 Å². The van der Waals surface area contributed by atoms with E-state index >= 15 is 0 Å². The first kappa shape index (κ1) is 18.9. The second-order valence-corrected chi connectivity index (χ2v) is 6.97. The quantitative estimate of drug-likeness (QED) is 0.228. The van der Waals surface area contributed by atoms with Crippen LogP contribution in [0.4, 0.5) is 0 Å². The SMILES string of the molecule is NNC(=O)c1cc(-c2ccccc2)cc(-c2ccccc2)[n+]1-c1ccc(Cl)cc1. The van der Waals surface area contributed by atoms with Crippen molar-refractivity contribution in [2.75, 3.05) is 0 Å². The highest BCUT2D eigenvalue weighted by Gasteiger charge is 2.27. The molecule has 4 rings (SSSR count). The van der Waals surface area contributed by atoms with Crippen LogP contribution in [0.2, 0.25) is 5.02 Å². The molecule has 142 valence electrons. The number of carbonyl (C=O) groups excluding carboxylic acids is 1. The number of hydrogen-bond acceptors (Lipinski definition) is 2. The number of rotatable bonds is 4. The third-order valence-electron chi connectivity index (χ3n) is 4.69. The molecule has 0 aliphatic rings. The normalized spacial score (nSPS) is 10.6. The van der Waals surface area contributed by atoms with E-state index in [0.717, 1.165) is 28.1 Å². The molecule has 1 aromatic heterocycles. The molecular formula is C24H19ClN3O+. The highest BCUT2D eigenvalue weighted by atomic mass is 35.5. The van der Waals surface area contributed by atoms with E-state index in [1.54, 1.807) is 12.1 Å². The van der Waals surface area contributed by atoms with Crippen LogP contribution >= 0.6 is 11.6 Å². The van der Waals surface area contributed by atoms with Crippen LogP contribution in [-0.2, 0) is 0 Å². The molecule has 1 amide bonds. The first-order chi connectivity index (χ1) is 14.2. The van der Waals surface area contributed by atoms with Gasteiger partial charge in [0, 0.05) is 34.9 Å². The lowest BCUT2D eigenvalue weighted by Gasteiger charge is -2.11. The fourth-order valence-corrected chi connectivity index (χ4v) is 3.45. The molecule has 0 atom stereocenters. The van der Waals surface area contributed by atoms with Gasteiger partial charge in [0.25, 0.3) is 5.69 Å².